The van der Waals surface area contributed by atoms with Crippen molar-refractivity contribution in [2.75, 3.05) is 12.4 Å². The zero-order valence-electron chi connectivity index (χ0n) is 21.6. The second kappa shape index (κ2) is 12.9. The molecule has 206 valence electrons. The Bertz CT molecular complexity index is 1370. The van der Waals surface area contributed by atoms with E-state index in [1.807, 2.05) is 12.1 Å². The van der Waals surface area contributed by atoms with Crippen LogP contribution in [0.3, 0.4) is 0 Å². The number of rotatable bonds is 11. The third-order valence-electron chi connectivity index (χ3n) is 7.17. The third-order valence-corrected chi connectivity index (χ3v) is 8.94. The predicted octanol–water partition coefficient (Wildman–Crippen LogP) is 4.64. The molecule has 1 aliphatic rings. The molecule has 0 aromatic heterocycles. The summed E-state index contributed by atoms with van der Waals surface area (Å²) < 4.78 is 44.2. The van der Waals surface area contributed by atoms with Crippen molar-refractivity contribution < 1.29 is 27.1 Å². The lowest BCUT2D eigenvalue weighted by Crippen LogP contribution is -2.33. The molecule has 9 heteroatoms. The van der Waals surface area contributed by atoms with Gasteiger partial charge in [0.1, 0.15) is 11.6 Å². The number of hydrogen-bond acceptors (Lipinski definition) is 5. The van der Waals surface area contributed by atoms with Gasteiger partial charge >= 0.3 is 0 Å². The Kier molecular flexibility index (Phi) is 9.35. The van der Waals surface area contributed by atoms with Gasteiger partial charge in [0.25, 0.3) is 5.91 Å². The molecule has 7 nitrogen and oxygen atoms in total. The second-order valence-corrected chi connectivity index (χ2v) is 12.1. The van der Waals surface area contributed by atoms with E-state index < -0.39 is 15.7 Å². The van der Waals surface area contributed by atoms with Gasteiger partial charge in [-0.25, -0.2) is 12.8 Å². The first-order valence-electron chi connectivity index (χ1n) is 13.1. The van der Waals surface area contributed by atoms with Crippen LogP contribution >= 0.6 is 0 Å². The molecular formula is C30H33FN2O5S. The first-order valence-corrected chi connectivity index (χ1v) is 14.7. The number of nitrogens with one attached hydrogen (secondary N) is 1. The molecular weight excluding hydrogens is 519 g/mol. The van der Waals surface area contributed by atoms with Crippen molar-refractivity contribution in [2.24, 2.45) is 17.6 Å². The van der Waals surface area contributed by atoms with Crippen molar-refractivity contribution in [1.29, 1.82) is 0 Å². The van der Waals surface area contributed by atoms with Crippen molar-refractivity contribution in [3.63, 3.8) is 0 Å². The Morgan fingerprint density at radius 1 is 0.872 bits per heavy atom. The van der Waals surface area contributed by atoms with Crippen LogP contribution in [0.5, 0.6) is 5.75 Å². The molecule has 0 heterocycles. The predicted molar refractivity (Wildman–Crippen MR) is 147 cm³/mol. The standard InChI is InChI=1S/C30H33FN2O5S/c31-26-11-3-22(4-12-26)19-33-30(35)25-5-1-21(2-6-25)17-18-39(36,37)28-15-9-24(10-16-28)23-7-13-27(14-8-23)38-20-29(32)34/h3-4,7-16,21,25H,1-2,5-6,17-20H2,(H2,32,34)(H,33,35). The molecule has 0 unspecified atom stereocenters. The highest BCUT2D eigenvalue weighted by molar-refractivity contribution is 7.91. The van der Waals surface area contributed by atoms with Crippen LogP contribution in [0.25, 0.3) is 11.1 Å². The molecule has 0 saturated heterocycles. The van der Waals surface area contributed by atoms with Gasteiger partial charge in [-0.1, -0.05) is 36.4 Å². The van der Waals surface area contributed by atoms with E-state index in [-0.39, 0.29) is 35.9 Å². The van der Waals surface area contributed by atoms with E-state index in [0.29, 0.717) is 23.6 Å². The number of carbonyl (C=O) groups is 2. The normalized spacial score (nSPS) is 17.4. The largest absolute Gasteiger partial charge is 0.484 e. The van der Waals surface area contributed by atoms with Crippen LogP contribution in [-0.4, -0.2) is 32.6 Å². The molecule has 1 saturated carbocycles. The average molecular weight is 553 g/mol. The van der Waals surface area contributed by atoms with E-state index >= 15 is 0 Å². The fourth-order valence-corrected chi connectivity index (χ4v) is 6.27. The minimum atomic E-state index is -3.42. The summed E-state index contributed by atoms with van der Waals surface area (Å²) in [6.07, 6.45) is 3.69. The minimum Gasteiger partial charge on any atom is -0.484 e. The van der Waals surface area contributed by atoms with E-state index in [2.05, 4.69) is 5.32 Å². The second-order valence-electron chi connectivity index (χ2n) is 9.97. The number of primary amides is 1. The van der Waals surface area contributed by atoms with Gasteiger partial charge in [-0.15, -0.1) is 0 Å². The summed E-state index contributed by atoms with van der Waals surface area (Å²) in [6.45, 7) is 0.175. The number of benzene rings is 3. The molecule has 2 amide bonds. The van der Waals surface area contributed by atoms with E-state index in [1.165, 1.54) is 12.1 Å². The van der Waals surface area contributed by atoms with Crippen LogP contribution in [-0.2, 0) is 26.0 Å². The van der Waals surface area contributed by atoms with Gasteiger partial charge in [0, 0.05) is 12.5 Å². The number of ether oxygens (including phenoxy) is 1. The van der Waals surface area contributed by atoms with Crippen LogP contribution in [0.2, 0.25) is 0 Å². The van der Waals surface area contributed by atoms with Crippen LogP contribution in [0.1, 0.15) is 37.7 Å². The number of amides is 2. The molecule has 1 fully saturated rings. The molecule has 3 aromatic carbocycles. The lowest BCUT2D eigenvalue weighted by molar-refractivity contribution is -0.126. The van der Waals surface area contributed by atoms with E-state index in [4.69, 9.17) is 10.5 Å². The maximum Gasteiger partial charge on any atom is 0.255 e. The molecule has 3 aromatic rings. The highest BCUT2D eigenvalue weighted by atomic mass is 32.2. The third kappa shape index (κ3) is 8.13. The van der Waals surface area contributed by atoms with Crippen LogP contribution in [0, 0.1) is 17.7 Å². The maximum absolute atomic E-state index is 13.0. The number of halogens is 1. The van der Waals surface area contributed by atoms with E-state index in [0.717, 1.165) is 42.4 Å². The Balaban J connectivity index is 1.23. The Morgan fingerprint density at radius 2 is 1.46 bits per heavy atom. The summed E-state index contributed by atoms with van der Waals surface area (Å²) in [5.74, 6) is -0.0601. The van der Waals surface area contributed by atoms with Crippen molar-refractivity contribution in [1.82, 2.24) is 5.32 Å². The van der Waals surface area contributed by atoms with Crippen molar-refractivity contribution >= 4 is 21.7 Å². The maximum atomic E-state index is 13.0. The first kappa shape index (κ1) is 28.3. The molecule has 0 atom stereocenters. The molecule has 3 N–H and O–H groups in total. The van der Waals surface area contributed by atoms with Gasteiger partial charge < -0.3 is 15.8 Å². The summed E-state index contributed by atoms with van der Waals surface area (Å²) in [7, 11) is -3.42. The number of carbonyl (C=O) groups excluding carboxylic acids is 2. The van der Waals surface area contributed by atoms with Crippen LogP contribution in [0.15, 0.2) is 77.7 Å². The van der Waals surface area contributed by atoms with Gasteiger partial charge in [-0.2, -0.15) is 0 Å². The summed E-state index contributed by atoms with van der Waals surface area (Å²) in [5, 5.41) is 2.93. The fourth-order valence-electron chi connectivity index (χ4n) is 4.84. The van der Waals surface area contributed by atoms with Crippen LogP contribution in [0.4, 0.5) is 4.39 Å². The summed E-state index contributed by atoms with van der Waals surface area (Å²) in [5.41, 5.74) is 7.69. The SMILES string of the molecule is NC(=O)COc1ccc(-c2ccc(S(=O)(=O)CCC3CCC(C(=O)NCc4ccc(F)cc4)CC3)cc2)cc1. The topological polar surface area (TPSA) is 116 Å². The van der Waals surface area contributed by atoms with E-state index in [9.17, 15) is 22.4 Å². The number of nitrogens with two attached hydrogens (primary N) is 1. The van der Waals surface area contributed by atoms with Gasteiger partial charge in [0.15, 0.2) is 16.4 Å². The first-order chi connectivity index (χ1) is 18.7. The summed E-state index contributed by atoms with van der Waals surface area (Å²) in [6, 6.07) is 20.0. The molecule has 0 radical (unpaired) electrons. The van der Waals surface area contributed by atoms with Gasteiger partial charge in [-0.05, 0) is 91.1 Å². The van der Waals surface area contributed by atoms with Gasteiger partial charge in [0.05, 0.1) is 10.6 Å². The highest BCUT2D eigenvalue weighted by Crippen LogP contribution is 2.32. The lowest BCUT2D eigenvalue weighted by Gasteiger charge is -2.27. The quantitative estimate of drug-likeness (QED) is 0.360. The average Bonchev–Trinajstić information content (AvgIpc) is 2.95. The zero-order chi connectivity index (χ0) is 27.8. The minimum absolute atomic E-state index is 0.00156. The molecule has 4 rings (SSSR count). The Labute approximate surface area is 228 Å². The van der Waals surface area contributed by atoms with E-state index in [1.54, 1.807) is 48.5 Å². The zero-order valence-corrected chi connectivity index (χ0v) is 22.5. The number of hydrogen-bond donors (Lipinski definition) is 2. The highest BCUT2D eigenvalue weighted by Gasteiger charge is 2.27. The fraction of sp³-hybridized carbons (Fsp3) is 0.333. The number of sulfone groups is 1. The Hall–Kier alpha value is -3.72. The monoisotopic (exact) mass is 552 g/mol. The molecule has 0 bridgehead atoms. The summed E-state index contributed by atoms with van der Waals surface area (Å²) in [4.78, 5) is 23.7. The van der Waals surface area contributed by atoms with Gasteiger partial charge in [0.2, 0.25) is 5.91 Å². The lowest BCUT2D eigenvalue weighted by atomic mass is 9.80. The smallest absolute Gasteiger partial charge is 0.255 e. The molecule has 1 aliphatic carbocycles. The van der Waals surface area contributed by atoms with Crippen molar-refractivity contribution in [2.45, 2.75) is 43.5 Å². The molecule has 0 aliphatic heterocycles. The van der Waals surface area contributed by atoms with Crippen LogP contribution < -0.4 is 15.8 Å². The summed E-state index contributed by atoms with van der Waals surface area (Å²) >= 11 is 0. The Morgan fingerprint density at radius 3 is 2.05 bits per heavy atom. The van der Waals surface area contributed by atoms with Crippen molar-refractivity contribution in [3.05, 3.63) is 84.2 Å². The van der Waals surface area contributed by atoms with Gasteiger partial charge in [-0.3, -0.25) is 9.59 Å². The molecule has 39 heavy (non-hydrogen) atoms. The van der Waals surface area contributed by atoms with Crippen molar-refractivity contribution in [3.8, 4) is 16.9 Å². The molecule has 0 spiro atoms.